The van der Waals surface area contributed by atoms with Gasteiger partial charge in [0.15, 0.2) is 0 Å². The molecule has 2 saturated carbocycles. The number of hydrogen-bond donors (Lipinski definition) is 3. The van der Waals surface area contributed by atoms with Gasteiger partial charge in [-0.05, 0) is 79.7 Å². The van der Waals surface area contributed by atoms with Crippen LogP contribution in [0.2, 0.25) is 0 Å². The number of rotatable bonds is 5. The molecule has 1 atom stereocenters. The van der Waals surface area contributed by atoms with Gasteiger partial charge in [-0.25, -0.2) is 4.39 Å². The molecule has 1 aromatic heterocycles. The Balaban J connectivity index is 0.00000126. The van der Waals surface area contributed by atoms with Crippen molar-refractivity contribution >= 4 is 22.8 Å². The van der Waals surface area contributed by atoms with Crippen LogP contribution in [-0.4, -0.2) is 23.0 Å². The number of fused-ring (bicyclic) bond motifs is 1. The number of aliphatic hydroxyl groups excluding tert-OH is 1. The van der Waals surface area contributed by atoms with Gasteiger partial charge in [0.2, 0.25) is 0 Å². The van der Waals surface area contributed by atoms with Gasteiger partial charge in [-0.15, -0.1) is 6.58 Å². The number of nitrogens with two attached hydrogens (primary N) is 1. The van der Waals surface area contributed by atoms with Crippen molar-refractivity contribution in [3.05, 3.63) is 65.7 Å². The van der Waals surface area contributed by atoms with E-state index in [9.17, 15) is 4.39 Å². The molecule has 0 radical (unpaired) electrons. The number of anilines is 1. The topological polar surface area (TPSA) is 75.0 Å². The van der Waals surface area contributed by atoms with Gasteiger partial charge in [0.1, 0.15) is 5.83 Å². The lowest BCUT2D eigenvalue weighted by Gasteiger charge is -2.36. The summed E-state index contributed by atoms with van der Waals surface area (Å²) in [6.45, 7) is 4.01. The normalized spacial score (nSPS) is 25.1. The van der Waals surface area contributed by atoms with Crippen molar-refractivity contribution in [3.63, 3.8) is 0 Å². The second-order valence-corrected chi connectivity index (χ2v) is 9.56. The maximum atomic E-state index is 13.8. The van der Waals surface area contributed by atoms with Crippen molar-refractivity contribution in [3.8, 4) is 0 Å². The van der Waals surface area contributed by atoms with Crippen LogP contribution in [0.5, 0.6) is 0 Å². The Kier molecular flexibility index (Phi) is 7.18. The Morgan fingerprint density at radius 2 is 1.88 bits per heavy atom. The van der Waals surface area contributed by atoms with Crippen LogP contribution in [0.4, 0.5) is 10.1 Å². The molecular weight excluding hydrogens is 413 g/mol. The third-order valence-corrected chi connectivity index (χ3v) is 7.71. The molecule has 0 aliphatic heterocycles. The Morgan fingerprint density at radius 3 is 2.48 bits per heavy atom. The molecule has 33 heavy (non-hydrogen) atoms. The van der Waals surface area contributed by atoms with Crippen LogP contribution in [0.3, 0.4) is 0 Å². The van der Waals surface area contributed by atoms with E-state index in [-0.39, 0.29) is 11.9 Å². The average Bonchev–Trinajstić information content (AvgIpc) is 3.14. The van der Waals surface area contributed by atoms with Crippen molar-refractivity contribution in [1.29, 1.82) is 5.41 Å². The zero-order valence-electron chi connectivity index (χ0n) is 19.6. The highest BCUT2D eigenvalue weighted by atomic mass is 19.1. The highest BCUT2D eigenvalue weighted by Gasteiger charge is 2.37. The molecule has 3 aliphatic rings. The Morgan fingerprint density at radius 1 is 1.15 bits per heavy atom. The summed E-state index contributed by atoms with van der Waals surface area (Å²) < 4.78 is 16.3. The van der Waals surface area contributed by atoms with E-state index in [1.165, 1.54) is 55.0 Å². The first-order valence-electron chi connectivity index (χ1n) is 12.2. The number of nitrogen functional groups attached to an aromatic ring is 1. The summed E-state index contributed by atoms with van der Waals surface area (Å²) in [7, 11) is 1.00. The predicted octanol–water partition coefficient (Wildman–Crippen LogP) is 6.91. The molecule has 176 valence electrons. The van der Waals surface area contributed by atoms with Gasteiger partial charge in [-0.3, -0.25) is 0 Å². The number of nitrogens with zero attached hydrogens (tertiary/aromatic N) is 1. The van der Waals surface area contributed by atoms with Gasteiger partial charge >= 0.3 is 0 Å². The van der Waals surface area contributed by atoms with Gasteiger partial charge in [0.05, 0.1) is 6.04 Å². The van der Waals surface area contributed by atoms with Gasteiger partial charge in [-0.1, -0.05) is 31.4 Å². The molecule has 0 saturated heterocycles. The fourth-order valence-corrected chi connectivity index (χ4v) is 6.00. The maximum Gasteiger partial charge on any atom is 0.119 e. The molecule has 1 unspecified atom stereocenters. The summed E-state index contributed by atoms with van der Waals surface area (Å²) in [6, 6.07) is 4.28. The molecule has 1 aromatic carbocycles. The summed E-state index contributed by atoms with van der Waals surface area (Å²) in [4.78, 5) is 0. The lowest BCUT2D eigenvalue weighted by atomic mass is 9.69. The van der Waals surface area contributed by atoms with E-state index >= 15 is 0 Å². The van der Waals surface area contributed by atoms with E-state index in [0.29, 0.717) is 29.9 Å². The van der Waals surface area contributed by atoms with E-state index in [2.05, 4.69) is 29.4 Å². The molecule has 2 fully saturated rings. The molecule has 1 heterocycles. The highest BCUT2D eigenvalue weighted by Crippen LogP contribution is 2.51. The molecule has 0 amide bonds. The fourth-order valence-electron chi connectivity index (χ4n) is 6.00. The van der Waals surface area contributed by atoms with Crippen molar-refractivity contribution in [2.24, 2.45) is 5.92 Å². The van der Waals surface area contributed by atoms with Crippen LogP contribution in [-0.2, 0) is 0 Å². The minimum Gasteiger partial charge on any atom is -0.400 e. The van der Waals surface area contributed by atoms with Crippen LogP contribution < -0.4 is 5.73 Å². The van der Waals surface area contributed by atoms with E-state index in [0.717, 1.165) is 31.0 Å². The second-order valence-electron chi connectivity index (χ2n) is 9.56. The highest BCUT2D eigenvalue weighted by molar-refractivity contribution is 5.97. The minimum atomic E-state index is -0.149. The number of allylic oxidation sites excluding steroid dienone is 5. The first-order valence-corrected chi connectivity index (χ1v) is 12.2. The third kappa shape index (κ3) is 4.31. The lowest BCUT2D eigenvalue weighted by molar-refractivity contribution is 0.317. The van der Waals surface area contributed by atoms with Crippen LogP contribution in [0.1, 0.15) is 86.1 Å². The number of hydrogen-bond acceptors (Lipinski definition) is 3. The van der Waals surface area contributed by atoms with E-state index in [1.54, 1.807) is 12.2 Å². The van der Waals surface area contributed by atoms with Crippen molar-refractivity contribution in [1.82, 2.24) is 4.57 Å². The summed E-state index contributed by atoms with van der Waals surface area (Å²) in [5, 5.41) is 16.1. The number of benzene rings is 1. The van der Waals surface area contributed by atoms with Gasteiger partial charge in [-0.2, -0.15) is 0 Å². The van der Waals surface area contributed by atoms with Crippen LogP contribution in [0.25, 0.3) is 10.9 Å². The standard InChI is InChI=1S/C27H32FN3.CH4O/c1-2-17-12-19(13-17)26-23-15-24(30)20(16-29)14-25(23)31(22-10-8-21(28)9-11-22)27(26)18-6-4-3-5-7-18;1-2/h2,8-10,14-19,22,29H,1,3-7,11-13,30H2;2H,1H3. The van der Waals surface area contributed by atoms with Gasteiger partial charge in [0.25, 0.3) is 0 Å². The second kappa shape index (κ2) is 10.1. The molecule has 4 N–H and O–H groups in total. The average molecular weight is 450 g/mol. The molecule has 0 bridgehead atoms. The monoisotopic (exact) mass is 449 g/mol. The molecule has 0 spiro atoms. The Hall–Kier alpha value is -2.66. The number of halogens is 1. The van der Waals surface area contributed by atoms with E-state index in [1.807, 2.05) is 6.08 Å². The molecule has 5 rings (SSSR count). The molecule has 5 heteroatoms. The van der Waals surface area contributed by atoms with Crippen molar-refractivity contribution in [2.75, 3.05) is 12.8 Å². The first-order chi connectivity index (χ1) is 16.1. The summed E-state index contributed by atoms with van der Waals surface area (Å²) in [5.41, 5.74) is 11.9. The van der Waals surface area contributed by atoms with Crippen LogP contribution >= 0.6 is 0 Å². The molecular formula is C28H36FN3O. The predicted molar refractivity (Wildman–Crippen MR) is 136 cm³/mol. The lowest BCUT2D eigenvalue weighted by Crippen LogP contribution is -2.23. The number of nitrogens with one attached hydrogen (secondary N) is 1. The quantitative estimate of drug-likeness (QED) is 0.263. The van der Waals surface area contributed by atoms with Gasteiger partial charge < -0.3 is 20.8 Å². The maximum absolute atomic E-state index is 13.8. The smallest absolute Gasteiger partial charge is 0.119 e. The van der Waals surface area contributed by atoms with E-state index < -0.39 is 0 Å². The largest absolute Gasteiger partial charge is 0.400 e. The minimum absolute atomic E-state index is 0.102. The number of aromatic nitrogens is 1. The molecule has 3 aliphatic carbocycles. The van der Waals surface area contributed by atoms with E-state index in [4.69, 9.17) is 16.2 Å². The first kappa shape index (κ1) is 23.5. The zero-order chi connectivity index (χ0) is 23.5. The zero-order valence-corrected chi connectivity index (χ0v) is 19.6. The fraction of sp³-hybridized carbons (Fsp3) is 0.464. The summed E-state index contributed by atoms with van der Waals surface area (Å²) >= 11 is 0. The third-order valence-electron chi connectivity index (χ3n) is 7.71. The Labute approximate surface area is 196 Å². The SMILES string of the molecule is C=CC1CC(c2c(C3CCCCC3)n(C3C=CC(F)=CC3)c3cc(C=N)c(N)cc23)C1.CO. The van der Waals surface area contributed by atoms with Crippen LogP contribution in [0, 0.1) is 11.3 Å². The summed E-state index contributed by atoms with van der Waals surface area (Å²) in [5.74, 6) is 1.50. The van der Waals surface area contributed by atoms with Crippen molar-refractivity contribution < 1.29 is 9.50 Å². The Bertz CT molecular complexity index is 1080. The molecule has 2 aromatic rings. The van der Waals surface area contributed by atoms with Crippen molar-refractivity contribution in [2.45, 2.75) is 69.2 Å². The number of aliphatic hydroxyl groups is 1. The molecule has 4 nitrogen and oxygen atoms in total. The summed E-state index contributed by atoms with van der Waals surface area (Å²) in [6.07, 6.45) is 18.0. The van der Waals surface area contributed by atoms with Crippen LogP contribution in [0.15, 0.2) is 48.8 Å². The van der Waals surface area contributed by atoms with Gasteiger partial charge in [0, 0.05) is 41.2 Å².